The van der Waals surface area contributed by atoms with Crippen LogP contribution in [0.3, 0.4) is 0 Å². The fourth-order valence-corrected chi connectivity index (χ4v) is 4.86. The van der Waals surface area contributed by atoms with E-state index in [0.717, 1.165) is 17.9 Å². The topological polar surface area (TPSA) is 17.1 Å². The van der Waals surface area contributed by atoms with Gasteiger partial charge in [0.25, 0.3) is 0 Å². The third kappa shape index (κ3) is 2.39. The van der Waals surface area contributed by atoms with Crippen LogP contribution in [0.5, 0.6) is 0 Å². The first kappa shape index (κ1) is 10.2. The van der Waals surface area contributed by atoms with Gasteiger partial charge < -0.3 is 0 Å². The Bertz CT molecular complexity index is 310. The van der Waals surface area contributed by atoms with Gasteiger partial charge in [-0.05, 0) is 24.2 Å². The molecule has 1 aliphatic rings. The lowest BCUT2D eigenvalue weighted by molar-refractivity contribution is 0.680. The first-order valence-electron chi connectivity index (χ1n) is 4.91. The third-order valence-electron chi connectivity index (χ3n) is 2.32. The molecule has 0 spiro atoms. The number of hydrogen-bond donors (Lipinski definition) is 0. The van der Waals surface area contributed by atoms with Crippen molar-refractivity contribution in [3.05, 3.63) is 35.9 Å². The van der Waals surface area contributed by atoms with Crippen LogP contribution in [0.4, 0.5) is 0 Å². The molecule has 1 aliphatic heterocycles. The second-order valence-electron chi connectivity index (χ2n) is 3.41. The fourth-order valence-electron chi connectivity index (χ4n) is 1.58. The normalized spacial score (nSPS) is 28.3. The van der Waals surface area contributed by atoms with Crippen molar-refractivity contribution in [1.82, 2.24) is 0 Å². The van der Waals surface area contributed by atoms with Gasteiger partial charge in [0.2, 0.25) is 0 Å². The highest BCUT2D eigenvalue weighted by Gasteiger charge is 2.21. The van der Waals surface area contributed by atoms with Gasteiger partial charge in [0.1, 0.15) is 4.58 Å². The molecule has 0 bridgehead atoms. The molecule has 0 saturated carbocycles. The summed E-state index contributed by atoms with van der Waals surface area (Å²) in [5.74, 6) is 2.01. The van der Waals surface area contributed by atoms with Crippen molar-refractivity contribution in [3.63, 3.8) is 0 Å². The minimum atomic E-state index is -0.683. The van der Waals surface area contributed by atoms with Gasteiger partial charge in [-0.15, -0.1) is 11.8 Å². The van der Waals surface area contributed by atoms with E-state index in [1.54, 1.807) is 0 Å². The lowest BCUT2D eigenvalue weighted by Crippen LogP contribution is -2.04. The van der Waals surface area contributed by atoms with E-state index in [9.17, 15) is 4.21 Å². The van der Waals surface area contributed by atoms with Crippen molar-refractivity contribution in [1.29, 1.82) is 0 Å². The summed E-state index contributed by atoms with van der Waals surface area (Å²) in [6.45, 7) is 0. The second kappa shape index (κ2) is 4.99. The maximum atomic E-state index is 11.9. The largest absolute Gasteiger partial charge is 0.258 e. The van der Waals surface area contributed by atoms with Crippen LogP contribution in [0.15, 0.2) is 30.3 Å². The number of rotatable bonds is 1. The fraction of sp³-hybridized carbons (Fsp3) is 0.455. The van der Waals surface area contributed by atoms with Crippen molar-refractivity contribution in [3.8, 4) is 0 Å². The minimum Gasteiger partial charge on any atom is -0.258 e. The van der Waals surface area contributed by atoms with Gasteiger partial charge in [-0.1, -0.05) is 30.3 Å². The zero-order chi connectivity index (χ0) is 9.80. The molecule has 2 unspecified atom stereocenters. The van der Waals surface area contributed by atoms with Gasteiger partial charge in [-0.3, -0.25) is 4.21 Å². The summed E-state index contributed by atoms with van der Waals surface area (Å²) in [7, 11) is -0.683. The molecule has 1 saturated heterocycles. The van der Waals surface area contributed by atoms with Gasteiger partial charge in [-0.25, -0.2) is 0 Å². The molecule has 0 aromatic heterocycles. The molecule has 1 heterocycles. The Hall–Kier alpha value is -0.280. The van der Waals surface area contributed by atoms with Crippen LogP contribution in [-0.4, -0.2) is 15.7 Å². The number of benzene rings is 1. The third-order valence-corrected chi connectivity index (χ3v) is 5.91. The zero-order valence-electron chi connectivity index (χ0n) is 8.02. The molecule has 3 heteroatoms. The summed E-state index contributed by atoms with van der Waals surface area (Å²) < 4.78 is 12.1. The molecule has 76 valence electrons. The van der Waals surface area contributed by atoms with Crippen molar-refractivity contribution in [2.24, 2.45) is 0 Å². The Morgan fingerprint density at radius 1 is 1.21 bits per heavy atom. The highest BCUT2D eigenvalue weighted by Crippen LogP contribution is 2.35. The Morgan fingerprint density at radius 3 is 2.79 bits per heavy atom. The average Bonchev–Trinajstić information content (AvgIpc) is 2.44. The molecule has 2 atom stereocenters. The molecular formula is C11H14OS2. The molecular weight excluding hydrogens is 212 g/mol. The average molecular weight is 226 g/mol. The standard InChI is InChI=1S/C11H14OS2/c12-14-9-5-4-8-13-11(14)10-6-2-1-3-7-10/h1-3,6-7,11H,4-5,8-9H2. The molecule has 1 fully saturated rings. The maximum absolute atomic E-state index is 11.9. The van der Waals surface area contributed by atoms with Crippen LogP contribution < -0.4 is 0 Å². The monoisotopic (exact) mass is 226 g/mol. The summed E-state index contributed by atoms with van der Waals surface area (Å²) in [5, 5.41) is 0. The molecule has 14 heavy (non-hydrogen) atoms. The van der Waals surface area contributed by atoms with Crippen LogP contribution in [-0.2, 0) is 10.8 Å². The molecule has 1 aromatic rings. The Morgan fingerprint density at radius 2 is 2.00 bits per heavy atom. The predicted molar refractivity (Wildman–Crippen MR) is 63.9 cm³/mol. The van der Waals surface area contributed by atoms with Gasteiger partial charge in [0.15, 0.2) is 0 Å². The second-order valence-corrected chi connectivity index (χ2v) is 6.56. The van der Waals surface area contributed by atoms with E-state index in [1.807, 2.05) is 30.0 Å². The van der Waals surface area contributed by atoms with E-state index in [1.165, 1.54) is 12.0 Å². The smallest absolute Gasteiger partial charge is 0.105 e. The van der Waals surface area contributed by atoms with Crippen molar-refractivity contribution in [2.45, 2.75) is 17.4 Å². The van der Waals surface area contributed by atoms with Crippen molar-refractivity contribution < 1.29 is 4.21 Å². The highest BCUT2D eigenvalue weighted by molar-refractivity contribution is 8.10. The van der Waals surface area contributed by atoms with E-state index in [2.05, 4.69) is 12.1 Å². The van der Waals surface area contributed by atoms with E-state index in [4.69, 9.17) is 0 Å². The zero-order valence-corrected chi connectivity index (χ0v) is 9.65. The quantitative estimate of drug-likeness (QED) is 0.732. The highest BCUT2D eigenvalue weighted by atomic mass is 32.2. The summed E-state index contributed by atoms with van der Waals surface area (Å²) in [5.41, 5.74) is 1.22. The molecule has 2 rings (SSSR count). The first-order chi connectivity index (χ1) is 6.88. The Kier molecular flexibility index (Phi) is 3.65. The minimum absolute atomic E-state index is 0.207. The summed E-state index contributed by atoms with van der Waals surface area (Å²) in [4.78, 5) is 0. The summed E-state index contributed by atoms with van der Waals surface area (Å²) >= 11 is 1.85. The Labute approximate surface area is 91.7 Å². The van der Waals surface area contributed by atoms with E-state index < -0.39 is 10.8 Å². The molecule has 0 radical (unpaired) electrons. The lowest BCUT2D eigenvalue weighted by Gasteiger charge is -2.12. The van der Waals surface area contributed by atoms with Crippen LogP contribution in [0, 0.1) is 0 Å². The van der Waals surface area contributed by atoms with Crippen LogP contribution in [0.1, 0.15) is 23.0 Å². The lowest BCUT2D eigenvalue weighted by atomic mass is 10.2. The van der Waals surface area contributed by atoms with Crippen LogP contribution >= 0.6 is 11.8 Å². The van der Waals surface area contributed by atoms with Gasteiger partial charge in [0, 0.05) is 16.6 Å². The number of thioether (sulfide) groups is 1. The first-order valence-corrected chi connectivity index (χ1v) is 7.35. The predicted octanol–water partition coefficient (Wildman–Crippen LogP) is 2.96. The van der Waals surface area contributed by atoms with Crippen molar-refractivity contribution in [2.75, 3.05) is 11.5 Å². The molecule has 1 aromatic carbocycles. The van der Waals surface area contributed by atoms with Gasteiger partial charge in [0.05, 0.1) is 0 Å². The van der Waals surface area contributed by atoms with Gasteiger partial charge in [-0.2, -0.15) is 0 Å². The SMILES string of the molecule is O=S1CCCCSC1c1ccccc1. The Balaban J connectivity index is 2.19. The molecule has 0 amide bonds. The van der Waals surface area contributed by atoms with Crippen LogP contribution in [0.25, 0.3) is 0 Å². The molecule has 0 aliphatic carbocycles. The van der Waals surface area contributed by atoms with Crippen molar-refractivity contribution >= 4 is 22.6 Å². The summed E-state index contributed by atoms with van der Waals surface area (Å²) in [6.07, 6.45) is 2.32. The van der Waals surface area contributed by atoms with Gasteiger partial charge >= 0.3 is 0 Å². The van der Waals surface area contributed by atoms with E-state index in [-0.39, 0.29) is 4.58 Å². The summed E-state index contributed by atoms with van der Waals surface area (Å²) in [6, 6.07) is 10.2. The number of hydrogen-bond acceptors (Lipinski definition) is 2. The maximum Gasteiger partial charge on any atom is 0.105 e. The van der Waals surface area contributed by atoms with Crippen LogP contribution in [0.2, 0.25) is 0 Å². The van der Waals surface area contributed by atoms with E-state index in [0.29, 0.717) is 0 Å². The molecule has 0 N–H and O–H groups in total. The van der Waals surface area contributed by atoms with E-state index >= 15 is 0 Å². The molecule has 1 nitrogen and oxygen atoms in total.